The molecule has 1 fully saturated rings. The molecule has 0 saturated carbocycles. The largest absolute Gasteiger partial charge is 0.358 e. The van der Waals surface area contributed by atoms with Crippen molar-refractivity contribution in [3.05, 3.63) is 35.3 Å². The summed E-state index contributed by atoms with van der Waals surface area (Å²) in [6.45, 7) is 6.59. The van der Waals surface area contributed by atoms with Gasteiger partial charge in [-0.15, -0.1) is 0 Å². The zero-order chi connectivity index (χ0) is 15.8. The second-order valence-corrected chi connectivity index (χ2v) is 6.18. The Morgan fingerprint density at radius 3 is 2.29 bits per heavy atom. The third-order valence-electron chi connectivity index (χ3n) is 3.22. The molecule has 0 atom stereocenters. The fraction of sp³-hybridized carbons (Fsp3) is 0.400. The van der Waals surface area contributed by atoms with Gasteiger partial charge in [0.15, 0.2) is 16.7 Å². The summed E-state index contributed by atoms with van der Waals surface area (Å²) in [6, 6.07) is 3.41. The van der Waals surface area contributed by atoms with Crippen molar-refractivity contribution in [2.24, 2.45) is 0 Å². The Labute approximate surface area is 128 Å². The standard InChI is InChI=1S/C15H17ClN2O3/c1-14(2)11(19)9(12(20)15(3,4)21-14)8-18-10-6-5-7-17-13(10)16/h5-8,18H,1-4H3. The maximum atomic E-state index is 12.3. The van der Waals surface area contributed by atoms with E-state index in [1.54, 1.807) is 46.0 Å². The average molecular weight is 309 g/mol. The normalized spacial score (nSPS) is 20.3. The van der Waals surface area contributed by atoms with Crippen molar-refractivity contribution < 1.29 is 14.3 Å². The van der Waals surface area contributed by atoms with Crippen LogP contribution >= 0.6 is 11.6 Å². The first-order valence-electron chi connectivity index (χ1n) is 6.52. The number of carbonyl (C=O) groups is 2. The number of nitrogens with one attached hydrogen (secondary N) is 1. The molecule has 0 aliphatic carbocycles. The van der Waals surface area contributed by atoms with Crippen molar-refractivity contribution in [1.29, 1.82) is 0 Å². The van der Waals surface area contributed by atoms with Crippen molar-refractivity contribution in [3.63, 3.8) is 0 Å². The van der Waals surface area contributed by atoms with E-state index < -0.39 is 11.2 Å². The van der Waals surface area contributed by atoms with E-state index in [1.807, 2.05) is 0 Å². The molecule has 112 valence electrons. The van der Waals surface area contributed by atoms with E-state index >= 15 is 0 Å². The van der Waals surface area contributed by atoms with Gasteiger partial charge in [0, 0.05) is 12.4 Å². The van der Waals surface area contributed by atoms with E-state index in [4.69, 9.17) is 16.3 Å². The van der Waals surface area contributed by atoms with Gasteiger partial charge in [0.2, 0.25) is 0 Å². The van der Waals surface area contributed by atoms with Crippen LogP contribution in [0.4, 0.5) is 5.69 Å². The summed E-state index contributed by atoms with van der Waals surface area (Å²) in [4.78, 5) is 28.6. The van der Waals surface area contributed by atoms with Crippen LogP contribution in [0.1, 0.15) is 27.7 Å². The number of ketones is 2. The zero-order valence-corrected chi connectivity index (χ0v) is 13.1. The van der Waals surface area contributed by atoms with Crippen LogP contribution in [0.25, 0.3) is 0 Å². The molecule has 0 spiro atoms. The van der Waals surface area contributed by atoms with E-state index in [9.17, 15) is 9.59 Å². The fourth-order valence-electron chi connectivity index (χ4n) is 2.26. The van der Waals surface area contributed by atoms with Gasteiger partial charge >= 0.3 is 0 Å². The molecule has 1 aromatic heterocycles. The number of aromatic nitrogens is 1. The lowest BCUT2D eigenvalue weighted by Crippen LogP contribution is -2.55. The molecule has 0 bridgehead atoms. The minimum atomic E-state index is -1.05. The molecule has 1 aliphatic rings. The second-order valence-electron chi connectivity index (χ2n) is 5.83. The number of pyridine rings is 1. The van der Waals surface area contributed by atoms with E-state index in [1.165, 1.54) is 6.20 Å². The van der Waals surface area contributed by atoms with Crippen molar-refractivity contribution >= 4 is 28.9 Å². The highest BCUT2D eigenvalue weighted by Gasteiger charge is 2.49. The maximum Gasteiger partial charge on any atom is 0.199 e. The molecule has 0 unspecified atom stereocenters. The number of ether oxygens (including phenoxy) is 1. The first-order valence-corrected chi connectivity index (χ1v) is 6.90. The number of carbonyl (C=O) groups excluding carboxylic acids is 2. The van der Waals surface area contributed by atoms with Gasteiger partial charge in [-0.2, -0.15) is 0 Å². The number of anilines is 1. The van der Waals surface area contributed by atoms with Crippen molar-refractivity contribution in [2.45, 2.75) is 38.9 Å². The van der Waals surface area contributed by atoms with Crippen LogP contribution in [0.2, 0.25) is 5.15 Å². The molecule has 1 aliphatic heterocycles. The van der Waals surface area contributed by atoms with Crippen molar-refractivity contribution in [1.82, 2.24) is 4.98 Å². The predicted molar refractivity (Wildman–Crippen MR) is 80.2 cm³/mol. The molecule has 1 saturated heterocycles. The Bertz CT molecular complexity index is 608. The molecule has 0 radical (unpaired) electrons. The summed E-state index contributed by atoms with van der Waals surface area (Å²) < 4.78 is 5.59. The minimum absolute atomic E-state index is 0.0659. The van der Waals surface area contributed by atoms with Gasteiger partial charge in [-0.1, -0.05) is 11.6 Å². The number of Topliss-reactive ketones (excluding diaryl/α,β-unsaturated/α-hetero) is 2. The number of hydrogen-bond donors (Lipinski definition) is 1. The van der Waals surface area contributed by atoms with E-state index in [2.05, 4.69) is 10.3 Å². The Hall–Kier alpha value is -1.72. The van der Waals surface area contributed by atoms with Gasteiger partial charge in [0.05, 0.1) is 11.3 Å². The Morgan fingerprint density at radius 2 is 1.76 bits per heavy atom. The first kappa shape index (κ1) is 15.7. The quantitative estimate of drug-likeness (QED) is 0.517. The van der Waals surface area contributed by atoms with Gasteiger partial charge in [0.1, 0.15) is 11.2 Å². The van der Waals surface area contributed by atoms with Crippen LogP contribution in [0.3, 0.4) is 0 Å². The second kappa shape index (κ2) is 5.24. The maximum absolute atomic E-state index is 12.3. The third-order valence-corrected chi connectivity index (χ3v) is 3.53. The Balaban J connectivity index is 2.36. The number of hydrogen-bond acceptors (Lipinski definition) is 5. The molecule has 0 aromatic carbocycles. The SMILES string of the molecule is CC1(C)OC(C)(C)C(=O)C(=CNc2cccnc2Cl)C1=O. The molecular formula is C15H17ClN2O3. The van der Waals surface area contributed by atoms with Gasteiger partial charge in [-0.05, 0) is 39.8 Å². The molecule has 6 heteroatoms. The van der Waals surface area contributed by atoms with Crippen LogP contribution in [-0.2, 0) is 14.3 Å². The van der Waals surface area contributed by atoms with Crippen LogP contribution in [0.15, 0.2) is 30.1 Å². The van der Waals surface area contributed by atoms with Gasteiger partial charge in [-0.3, -0.25) is 9.59 Å². The zero-order valence-electron chi connectivity index (χ0n) is 12.4. The lowest BCUT2D eigenvalue weighted by Gasteiger charge is -2.39. The molecule has 1 N–H and O–H groups in total. The van der Waals surface area contributed by atoms with Crippen molar-refractivity contribution in [2.75, 3.05) is 5.32 Å². The number of rotatable bonds is 2. The number of nitrogens with zero attached hydrogens (tertiary/aromatic N) is 1. The molecule has 5 nitrogen and oxygen atoms in total. The van der Waals surface area contributed by atoms with Crippen LogP contribution in [-0.4, -0.2) is 27.8 Å². The molecule has 21 heavy (non-hydrogen) atoms. The molecule has 1 aromatic rings. The topological polar surface area (TPSA) is 68.3 Å². The fourth-order valence-corrected chi connectivity index (χ4v) is 2.43. The van der Waals surface area contributed by atoms with Gasteiger partial charge in [0.25, 0.3) is 0 Å². The molecular weight excluding hydrogens is 292 g/mol. The van der Waals surface area contributed by atoms with E-state index in [-0.39, 0.29) is 22.3 Å². The Morgan fingerprint density at radius 1 is 1.19 bits per heavy atom. The highest BCUT2D eigenvalue weighted by molar-refractivity contribution is 6.32. The lowest BCUT2D eigenvalue weighted by molar-refractivity contribution is -0.174. The predicted octanol–water partition coefficient (Wildman–Crippen LogP) is 2.76. The smallest absolute Gasteiger partial charge is 0.199 e. The highest BCUT2D eigenvalue weighted by Crippen LogP contribution is 2.33. The summed E-state index contributed by atoms with van der Waals surface area (Å²) in [5, 5.41) is 3.13. The number of halogens is 1. The first-order chi connectivity index (χ1) is 9.65. The van der Waals surface area contributed by atoms with E-state index in [0.29, 0.717) is 5.69 Å². The average Bonchev–Trinajstić information content (AvgIpc) is 2.38. The summed E-state index contributed by atoms with van der Waals surface area (Å²) in [5.41, 5.74) is -1.52. The van der Waals surface area contributed by atoms with E-state index in [0.717, 1.165) is 0 Å². The van der Waals surface area contributed by atoms with Crippen molar-refractivity contribution in [3.8, 4) is 0 Å². The summed E-state index contributed by atoms with van der Waals surface area (Å²) in [6.07, 6.45) is 2.93. The van der Waals surface area contributed by atoms with Crippen LogP contribution in [0.5, 0.6) is 0 Å². The monoisotopic (exact) mass is 308 g/mol. The molecule has 0 amide bonds. The van der Waals surface area contributed by atoms with Crippen LogP contribution < -0.4 is 5.32 Å². The lowest BCUT2D eigenvalue weighted by atomic mass is 9.83. The third kappa shape index (κ3) is 2.99. The van der Waals surface area contributed by atoms with Crippen LogP contribution in [0, 0.1) is 0 Å². The highest BCUT2D eigenvalue weighted by atomic mass is 35.5. The van der Waals surface area contributed by atoms with Gasteiger partial charge < -0.3 is 10.1 Å². The minimum Gasteiger partial charge on any atom is -0.358 e. The van der Waals surface area contributed by atoms with Gasteiger partial charge in [-0.25, -0.2) is 4.98 Å². The summed E-state index contributed by atoms with van der Waals surface area (Å²) in [7, 11) is 0. The summed E-state index contributed by atoms with van der Waals surface area (Å²) >= 11 is 5.93. The Kier molecular flexibility index (Phi) is 3.91. The molecule has 2 rings (SSSR count). The molecule has 2 heterocycles. The summed E-state index contributed by atoms with van der Waals surface area (Å²) in [5.74, 6) is -0.723.